The average molecular weight is 551 g/mol. The number of nitrogens with two attached hydrogens (primary N) is 1. The molecule has 0 aliphatic rings. The topological polar surface area (TPSA) is 148 Å². The lowest BCUT2D eigenvalue weighted by Crippen LogP contribution is -2.29. The van der Waals surface area contributed by atoms with Crippen LogP contribution in [0.4, 0.5) is 11.4 Å². The number of benzene rings is 3. The average Bonchev–Trinajstić information content (AvgIpc) is 2.85. The van der Waals surface area contributed by atoms with Crippen LogP contribution in [0.25, 0.3) is 0 Å². The Bertz CT molecular complexity index is 1550. The van der Waals surface area contributed by atoms with Gasteiger partial charge in [0.2, 0.25) is 0 Å². The van der Waals surface area contributed by atoms with E-state index in [0.717, 1.165) is 0 Å². The summed E-state index contributed by atoms with van der Waals surface area (Å²) in [7, 11) is 0. The van der Waals surface area contributed by atoms with Crippen molar-refractivity contribution in [2.24, 2.45) is 5.73 Å². The monoisotopic (exact) mass is 550 g/mol. The molecular formula is C27H20Cl2N4O5. The molecule has 0 aromatic heterocycles. The Balaban J connectivity index is 1.80. The fourth-order valence-corrected chi connectivity index (χ4v) is 3.58. The number of hydrogen-bond donors (Lipinski definition) is 2. The number of rotatable bonds is 7. The first-order chi connectivity index (χ1) is 17.9. The van der Waals surface area contributed by atoms with Gasteiger partial charge in [-0.15, -0.1) is 0 Å². The number of ketones is 1. The highest BCUT2D eigenvalue weighted by Crippen LogP contribution is 2.28. The van der Waals surface area contributed by atoms with Gasteiger partial charge in [-0.1, -0.05) is 35.0 Å². The molecule has 0 spiro atoms. The van der Waals surface area contributed by atoms with E-state index in [-0.39, 0.29) is 43.9 Å². The van der Waals surface area contributed by atoms with Gasteiger partial charge in [-0.2, -0.15) is 5.26 Å². The molecular weight excluding hydrogens is 531 g/mol. The van der Waals surface area contributed by atoms with E-state index in [0.29, 0.717) is 5.56 Å². The van der Waals surface area contributed by atoms with Gasteiger partial charge >= 0.3 is 0 Å². The summed E-state index contributed by atoms with van der Waals surface area (Å²) >= 11 is 12.1. The van der Waals surface area contributed by atoms with E-state index < -0.39 is 28.8 Å². The molecule has 192 valence electrons. The van der Waals surface area contributed by atoms with E-state index in [1.54, 1.807) is 13.8 Å². The number of carbonyl (C=O) groups excluding carboxylic acids is 2. The fourth-order valence-electron chi connectivity index (χ4n) is 3.18. The highest BCUT2D eigenvalue weighted by atomic mass is 35.5. The molecule has 0 heterocycles. The number of nitriles is 1. The number of ether oxygens (including phenoxy) is 1. The van der Waals surface area contributed by atoms with Gasteiger partial charge in [0.15, 0.2) is 12.4 Å². The predicted octanol–water partition coefficient (Wildman–Crippen LogP) is 5.11. The standard InChI is InChI=1S/C27H20Cl2N4O5/c1-27(2,31)8-7-16-3-5-22(23(11-16)33(36)37)32-25(34)15-38-24-6-4-19(28)13-21(24)26(35)18-9-17(14-30)10-20(29)12-18/h3-6,9-13H,15,31H2,1-2H3,(H,32,34). The largest absolute Gasteiger partial charge is 0.483 e. The van der Waals surface area contributed by atoms with Crippen molar-refractivity contribution in [2.75, 3.05) is 11.9 Å². The van der Waals surface area contributed by atoms with E-state index >= 15 is 0 Å². The SMILES string of the molecule is CC(C)(N)C#Cc1ccc(NC(=O)COc2ccc(Cl)cc2C(=O)c2cc(Cl)cc(C#N)c2)c([N+](=O)[O-])c1. The molecule has 0 unspecified atom stereocenters. The quantitative estimate of drug-likeness (QED) is 0.179. The number of anilines is 1. The molecule has 9 nitrogen and oxygen atoms in total. The van der Waals surface area contributed by atoms with Crippen LogP contribution < -0.4 is 15.8 Å². The fraction of sp³-hybridized carbons (Fsp3) is 0.148. The minimum Gasteiger partial charge on any atom is -0.483 e. The van der Waals surface area contributed by atoms with Crippen molar-refractivity contribution in [1.82, 2.24) is 0 Å². The summed E-state index contributed by atoms with van der Waals surface area (Å²) in [4.78, 5) is 36.6. The van der Waals surface area contributed by atoms with Gasteiger partial charge in [-0.25, -0.2) is 0 Å². The maximum Gasteiger partial charge on any atom is 0.293 e. The minimum atomic E-state index is -0.786. The van der Waals surface area contributed by atoms with Crippen molar-refractivity contribution in [3.8, 4) is 23.7 Å². The Morgan fingerprint density at radius 3 is 2.47 bits per heavy atom. The Labute approximate surface area is 228 Å². The number of nitrogens with one attached hydrogen (secondary N) is 1. The van der Waals surface area contributed by atoms with Gasteiger partial charge in [-0.05, 0) is 62.4 Å². The van der Waals surface area contributed by atoms with Crippen LogP contribution in [-0.4, -0.2) is 28.8 Å². The van der Waals surface area contributed by atoms with Crippen LogP contribution in [0.2, 0.25) is 10.0 Å². The van der Waals surface area contributed by atoms with E-state index in [9.17, 15) is 19.7 Å². The summed E-state index contributed by atoms with van der Waals surface area (Å²) in [6, 6.07) is 14.4. The normalized spacial score (nSPS) is 10.5. The second-order valence-electron chi connectivity index (χ2n) is 8.61. The minimum absolute atomic E-state index is 0.0354. The summed E-state index contributed by atoms with van der Waals surface area (Å²) in [6.45, 7) is 2.82. The molecule has 3 aromatic rings. The van der Waals surface area contributed by atoms with Crippen molar-refractivity contribution < 1.29 is 19.2 Å². The lowest BCUT2D eigenvalue weighted by atomic mass is 10.0. The van der Waals surface area contributed by atoms with Gasteiger partial charge in [0, 0.05) is 27.2 Å². The summed E-state index contributed by atoms with van der Waals surface area (Å²) in [5, 5.41) is 23.6. The zero-order valence-corrected chi connectivity index (χ0v) is 21.7. The van der Waals surface area contributed by atoms with Crippen LogP contribution >= 0.6 is 23.2 Å². The number of amides is 1. The highest BCUT2D eigenvalue weighted by Gasteiger charge is 2.20. The van der Waals surface area contributed by atoms with Gasteiger partial charge < -0.3 is 15.8 Å². The van der Waals surface area contributed by atoms with Crippen molar-refractivity contribution in [1.29, 1.82) is 5.26 Å². The third kappa shape index (κ3) is 7.55. The maximum absolute atomic E-state index is 13.1. The lowest BCUT2D eigenvalue weighted by Gasteiger charge is -2.12. The van der Waals surface area contributed by atoms with E-state index in [1.165, 1.54) is 54.6 Å². The molecule has 11 heteroatoms. The van der Waals surface area contributed by atoms with Gasteiger partial charge in [0.05, 0.1) is 27.7 Å². The zero-order chi connectivity index (χ0) is 28.0. The van der Waals surface area contributed by atoms with Gasteiger partial charge in [-0.3, -0.25) is 19.7 Å². The highest BCUT2D eigenvalue weighted by molar-refractivity contribution is 6.32. The lowest BCUT2D eigenvalue weighted by molar-refractivity contribution is -0.383. The molecule has 0 aliphatic heterocycles. The Morgan fingerprint density at radius 1 is 1.08 bits per heavy atom. The number of nitrogens with zero attached hydrogens (tertiary/aromatic N) is 2. The van der Waals surface area contributed by atoms with Crippen LogP contribution in [0.1, 0.15) is 40.9 Å². The Morgan fingerprint density at radius 2 is 1.82 bits per heavy atom. The molecule has 0 fully saturated rings. The molecule has 1 amide bonds. The molecule has 3 N–H and O–H groups in total. The maximum atomic E-state index is 13.1. The van der Waals surface area contributed by atoms with E-state index in [4.69, 9.17) is 38.9 Å². The molecule has 0 aliphatic carbocycles. The first-order valence-electron chi connectivity index (χ1n) is 10.9. The molecule has 3 rings (SSSR count). The molecule has 0 bridgehead atoms. The van der Waals surface area contributed by atoms with E-state index in [1.807, 2.05) is 6.07 Å². The van der Waals surface area contributed by atoms with Gasteiger partial charge in [0.1, 0.15) is 11.4 Å². The molecule has 3 aromatic carbocycles. The number of carbonyl (C=O) groups is 2. The summed E-state index contributed by atoms with van der Waals surface area (Å²) in [5.41, 5.74) is 5.32. The summed E-state index contributed by atoms with van der Waals surface area (Å²) < 4.78 is 5.56. The Kier molecular flexibility index (Phi) is 8.72. The van der Waals surface area contributed by atoms with Crippen LogP contribution in [0.5, 0.6) is 5.75 Å². The van der Waals surface area contributed by atoms with Crippen LogP contribution in [0.3, 0.4) is 0 Å². The smallest absolute Gasteiger partial charge is 0.293 e. The van der Waals surface area contributed by atoms with Crippen LogP contribution in [0, 0.1) is 33.3 Å². The second kappa shape index (κ2) is 11.8. The predicted molar refractivity (Wildman–Crippen MR) is 143 cm³/mol. The number of nitro groups is 1. The number of nitro benzene ring substituents is 1. The third-order valence-corrected chi connectivity index (χ3v) is 5.28. The molecule has 38 heavy (non-hydrogen) atoms. The molecule has 0 atom stereocenters. The second-order valence-corrected chi connectivity index (χ2v) is 9.48. The molecule has 0 saturated heterocycles. The molecule has 0 radical (unpaired) electrons. The van der Waals surface area contributed by atoms with Crippen molar-refractivity contribution in [3.05, 3.63) is 97.0 Å². The van der Waals surface area contributed by atoms with Crippen molar-refractivity contribution >= 4 is 46.3 Å². The van der Waals surface area contributed by atoms with Crippen LogP contribution in [0.15, 0.2) is 54.6 Å². The molecule has 0 saturated carbocycles. The Hall–Kier alpha value is -4.41. The first-order valence-corrected chi connectivity index (χ1v) is 11.7. The first kappa shape index (κ1) is 28.2. The number of halogens is 2. The third-order valence-electron chi connectivity index (χ3n) is 4.83. The van der Waals surface area contributed by atoms with E-state index in [2.05, 4.69) is 17.2 Å². The van der Waals surface area contributed by atoms with Crippen molar-refractivity contribution in [2.45, 2.75) is 19.4 Å². The van der Waals surface area contributed by atoms with Crippen LogP contribution in [-0.2, 0) is 4.79 Å². The number of hydrogen-bond acceptors (Lipinski definition) is 7. The zero-order valence-electron chi connectivity index (χ0n) is 20.2. The summed E-state index contributed by atoms with van der Waals surface area (Å²) in [5.74, 6) is 4.34. The summed E-state index contributed by atoms with van der Waals surface area (Å²) in [6.07, 6.45) is 0. The van der Waals surface area contributed by atoms with Crippen molar-refractivity contribution in [3.63, 3.8) is 0 Å². The van der Waals surface area contributed by atoms with Gasteiger partial charge in [0.25, 0.3) is 11.6 Å².